The van der Waals surface area contributed by atoms with Crippen LogP contribution in [-0.4, -0.2) is 36.4 Å². The van der Waals surface area contributed by atoms with Gasteiger partial charge in [0.1, 0.15) is 35.6 Å². The molecule has 0 fully saturated rings. The predicted molar refractivity (Wildman–Crippen MR) is 147 cm³/mol. The van der Waals surface area contributed by atoms with Gasteiger partial charge in [-0.05, 0) is 47.9 Å². The fraction of sp³-hybridized carbons (Fsp3) is 0.172. The maximum atomic E-state index is 12.7. The van der Waals surface area contributed by atoms with Crippen molar-refractivity contribution in [1.82, 2.24) is 10.2 Å². The van der Waals surface area contributed by atoms with Crippen molar-refractivity contribution < 1.29 is 19.0 Å². The van der Waals surface area contributed by atoms with Gasteiger partial charge < -0.3 is 14.2 Å². The Bertz CT molecular complexity index is 1460. The van der Waals surface area contributed by atoms with E-state index in [0.29, 0.717) is 41.8 Å². The van der Waals surface area contributed by atoms with Crippen LogP contribution in [0.2, 0.25) is 0 Å². The van der Waals surface area contributed by atoms with Crippen LogP contribution in [0, 0.1) is 18.3 Å². The number of aryl methyl sites for hydroxylation is 1. The van der Waals surface area contributed by atoms with E-state index in [4.69, 9.17) is 14.2 Å². The van der Waals surface area contributed by atoms with Gasteiger partial charge >= 0.3 is 0 Å². The summed E-state index contributed by atoms with van der Waals surface area (Å²) in [6.45, 7) is 2.67. The Morgan fingerprint density at radius 1 is 0.974 bits per heavy atom. The van der Waals surface area contributed by atoms with Gasteiger partial charge in [-0.15, -0.1) is 10.2 Å². The molecule has 1 amide bonds. The summed E-state index contributed by atoms with van der Waals surface area (Å²) >= 11 is 1.27. The fourth-order valence-electron chi connectivity index (χ4n) is 3.54. The zero-order valence-electron chi connectivity index (χ0n) is 21.0. The highest BCUT2D eigenvalue weighted by molar-refractivity contribution is 7.15. The van der Waals surface area contributed by atoms with Crippen LogP contribution in [0.25, 0.3) is 6.08 Å². The minimum atomic E-state index is -0.567. The molecule has 0 bridgehead atoms. The Hall–Kier alpha value is -4.68. The highest BCUT2D eigenvalue weighted by Gasteiger charge is 2.14. The first-order valence-corrected chi connectivity index (χ1v) is 12.7. The molecule has 0 saturated heterocycles. The topological polar surface area (TPSA) is 106 Å². The lowest BCUT2D eigenvalue weighted by Gasteiger charge is -2.13. The lowest BCUT2D eigenvalue weighted by atomic mass is 10.1. The summed E-state index contributed by atoms with van der Waals surface area (Å²) in [5.41, 5.74) is 2.68. The van der Waals surface area contributed by atoms with Crippen LogP contribution in [0.1, 0.15) is 21.7 Å². The van der Waals surface area contributed by atoms with Crippen molar-refractivity contribution in [3.8, 4) is 23.3 Å². The molecule has 0 radical (unpaired) electrons. The number of benzene rings is 3. The molecule has 1 aromatic heterocycles. The number of ether oxygens (including phenoxy) is 3. The van der Waals surface area contributed by atoms with E-state index in [0.717, 1.165) is 21.9 Å². The predicted octanol–water partition coefficient (Wildman–Crippen LogP) is 5.45. The molecule has 0 saturated carbocycles. The number of para-hydroxylation sites is 1. The molecule has 4 aromatic rings. The molecule has 1 heterocycles. The Labute approximate surface area is 225 Å². The summed E-state index contributed by atoms with van der Waals surface area (Å²) in [5.74, 6) is 1.25. The molecule has 1 N–H and O–H groups in total. The number of aromatic nitrogens is 2. The van der Waals surface area contributed by atoms with Crippen LogP contribution in [-0.2, 0) is 11.2 Å². The lowest BCUT2D eigenvalue weighted by molar-refractivity contribution is -0.112. The molecule has 3 aromatic carbocycles. The Balaban J connectivity index is 1.36. The molecule has 38 heavy (non-hydrogen) atoms. The van der Waals surface area contributed by atoms with E-state index >= 15 is 0 Å². The third-order valence-electron chi connectivity index (χ3n) is 5.44. The number of carbonyl (C=O) groups excluding carboxylic acids is 1. The second-order valence-electron chi connectivity index (χ2n) is 8.16. The molecule has 8 nitrogen and oxygen atoms in total. The van der Waals surface area contributed by atoms with E-state index in [9.17, 15) is 10.1 Å². The number of methoxy groups -OCH3 is 1. The number of carbonyl (C=O) groups is 1. The molecular formula is C29H26N4O4S. The first-order chi connectivity index (χ1) is 18.6. The van der Waals surface area contributed by atoms with Crippen LogP contribution < -0.4 is 19.5 Å². The van der Waals surface area contributed by atoms with Crippen molar-refractivity contribution >= 4 is 28.5 Å². The average molecular weight is 527 g/mol. The van der Waals surface area contributed by atoms with Gasteiger partial charge in [-0.2, -0.15) is 5.26 Å². The monoisotopic (exact) mass is 526 g/mol. The van der Waals surface area contributed by atoms with Crippen molar-refractivity contribution in [3.05, 3.63) is 100 Å². The number of hydrogen-bond donors (Lipinski definition) is 1. The van der Waals surface area contributed by atoms with Gasteiger partial charge in [0.05, 0.1) is 7.11 Å². The summed E-state index contributed by atoms with van der Waals surface area (Å²) in [7, 11) is 1.53. The highest BCUT2D eigenvalue weighted by Crippen LogP contribution is 2.29. The number of nitrogens with one attached hydrogen (secondary N) is 1. The molecule has 0 spiro atoms. The van der Waals surface area contributed by atoms with Crippen LogP contribution in [0.4, 0.5) is 5.13 Å². The average Bonchev–Trinajstić information content (AvgIpc) is 3.37. The minimum absolute atomic E-state index is 0.0767. The van der Waals surface area contributed by atoms with Gasteiger partial charge in [0, 0.05) is 6.42 Å². The summed E-state index contributed by atoms with van der Waals surface area (Å²) in [6, 6.07) is 24.8. The largest absolute Gasteiger partial charge is 0.493 e. The molecule has 4 rings (SSSR count). The molecule has 0 aliphatic carbocycles. The SMILES string of the molecule is COc1cc(C=C(C#N)C(=O)Nc2nnc(Cc3ccccc3)s2)ccc1OCCOc1ccccc1C. The van der Waals surface area contributed by atoms with Gasteiger partial charge in [-0.1, -0.05) is 65.9 Å². The lowest BCUT2D eigenvalue weighted by Crippen LogP contribution is -2.13. The standard InChI is InChI=1S/C29H26N4O4S/c1-20-8-6-7-11-24(20)36-14-15-37-25-13-12-22(17-26(25)35-2)16-23(19-30)28(34)31-29-33-32-27(38-29)18-21-9-4-3-5-10-21/h3-13,16-17H,14-15,18H2,1-2H3,(H,31,33,34). The smallest absolute Gasteiger partial charge is 0.268 e. The quantitative estimate of drug-likeness (QED) is 0.157. The third kappa shape index (κ3) is 7.18. The molecule has 0 atom stereocenters. The second kappa shape index (κ2) is 13.0. The summed E-state index contributed by atoms with van der Waals surface area (Å²) in [5, 5.41) is 21.5. The number of amides is 1. The van der Waals surface area contributed by atoms with E-state index in [1.165, 1.54) is 24.5 Å². The molecule has 0 unspecified atom stereocenters. The van der Waals surface area contributed by atoms with Crippen LogP contribution in [0.3, 0.4) is 0 Å². The molecule has 192 valence electrons. The van der Waals surface area contributed by atoms with E-state index in [2.05, 4.69) is 15.5 Å². The maximum Gasteiger partial charge on any atom is 0.268 e. The van der Waals surface area contributed by atoms with Crippen molar-refractivity contribution in [3.63, 3.8) is 0 Å². The van der Waals surface area contributed by atoms with Gasteiger partial charge in [0.25, 0.3) is 5.91 Å². The zero-order valence-corrected chi connectivity index (χ0v) is 21.8. The summed E-state index contributed by atoms with van der Waals surface area (Å²) in [6.07, 6.45) is 2.09. The summed E-state index contributed by atoms with van der Waals surface area (Å²) in [4.78, 5) is 12.7. The Morgan fingerprint density at radius 2 is 1.71 bits per heavy atom. The Kier molecular flexibility index (Phi) is 9.05. The van der Waals surface area contributed by atoms with Gasteiger partial charge in [-0.3, -0.25) is 10.1 Å². The van der Waals surface area contributed by atoms with Crippen molar-refractivity contribution in [2.24, 2.45) is 0 Å². The third-order valence-corrected chi connectivity index (χ3v) is 6.28. The van der Waals surface area contributed by atoms with Crippen LogP contribution in [0.5, 0.6) is 17.2 Å². The van der Waals surface area contributed by atoms with E-state index in [1.807, 2.05) is 67.6 Å². The normalized spacial score (nSPS) is 10.9. The molecule has 0 aliphatic heterocycles. The van der Waals surface area contributed by atoms with E-state index in [1.54, 1.807) is 18.2 Å². The number of rotatable bonds is 11. The van der Waals surface area contributed by atoms with E-state index < -0.39 is 5.91 Å². The zero-order chi connectivity index (χ0) is 26.7. The Morgan fingerprint density at radius 3 is 2.45 bits per heavy atom. The minimum Gasteiger partial charge on any atom is -0.493 e. The maximum absolute atomic E-state index is 12.7. The molecule has 0 aliphatic rings. The number of hydrogen-bond acceptors (Lipinski definition) is 8. The number of anilines is 1. The van der Waals surface area contributed by atoms with Crippen molar-refractivity contribution in [2.75, 3.05) is 25.6 Å². The van der Waals surface area contributed by atoms with Crippen molar-refractivity contribution in [1.29, 1.82) is 5.26 Å². The fourth-order valence-corrected chi connectivity index (χ4v) is 4.31. The van der Waals surface area contributed by atoms with Crippen LogP contribution >= 0.6 is 11.3 Å². The van der Waals surface area contributed by atoms with Gasteiger partial charge in [0.15, 0.2) is 11.5 Å². The molecule has 9 heteroatoms. The highest BCUT2D eigenvalue weighted by atomic mass is 32.1. The van der Waals surface area contributed by atoms with Crippen molar-refractivity contribution in [2.45, 2.75) is 13.3 Å². The van der Waals surface area contributed by atoms with E-state index in [-0.39, 0.29) is 5.57 Å². The van der Waals surface area contributed by atoms with Crippen LogP contribution in [0.15, 0.2) is 78.4 Å². The van der Waals surface area contributed by atoms with Gasteiger partial charge in [-0.25, -0.2) is 0 Å². The number of nitrogens with zero attached hydrogens (tertiary/aromatic N) is 3. The van der Waals surface area contributed by atoms with Gasteiger partial charge in [0.2, 0.25) is 5.13 Å². The second-order valence-corrected chi connectivity index (χ2v) is 9.22. The first-order valence-electron chi connectivity index (χ1n) is 11.8. The number of nitriles is 1. The summed E-state index contributed by atoms with van der Waals surface area (Å²) < 4.78 is 17.0. The molecular weight excluding hydrogens is 500 g/mol. The first kappa shape index (κ1) is 26.4.